The molecule has 1 aliphatic rings. The number of imide groups is 1. The highest BCUT2D eigenvalue weighted by Gasteiger charge is 2.37. The van der Waals surface area contributed by atoms with E-state index in [0.717, 1.165) is 22.2 Å². The maximum Gasteiger partial charge on any atom is 0.326 e. The van der Waals surface area contributed by atoms with Crippen LogP contribution in [0.5, 0.6) is 11.5 Å². The zero-order valence-electron chi connectivity index (χ0n) is 18.8. The molecule has 1 aliphatic heterocycles. The van der Waals surface area contributed by atoms with Crippen molar-refractivity contribution >= 4 is 62.5 Å². The van der Waals surface area contributed by atoms with Gasteiger partial charge in [-0.1, -0.05) is 36.7 Å². The van der Waals surface area contributed by atoms with Gasteiger partial charge in [-0.25, -0.2) is 0 Å². The molecule has 1 atom stereocenters. The Morgan fingerprint density at radius 2 is 2.00 bits per heavy atom. The summed E-state index contributed by atoms with van der Waals surface area (Å²) in [4.78, 5) is 38.2. The fraction of sp³-hybridized carbons (Fsp3) is 0.292. The van der Waals surface area contributed by atoms with Gasteiger partial charge in [-0.3, -0.25) is 19.3 Å². The van der Waals surface area contributed by atoms with Crippen LogP contribution in [-0.4, -0.2) is 41.8 Å². The van der Waals surface area contributed by atoms with Crippen molar-refractivity contribution in [2.45, 2.75) is 33.0 Å². The summed E-state index contributed by atoms with van der Waals surface area (Å²) in [6.45, 7) is 3.44. The quantitative estimate of drug-likeness (QED) is 0.268. The Kier molecular flexibility index (Phi) is 9.04. The maximum absolute atomic E-state index is 12.7. The first-order chi connectivity index (χ1) is 16.2. The van der Waals surface area contributed by atoms with Gasteiger partial charge in [0.25, 0.3) is 11.1 Å². The number of thioether (sulfide) groups is 1. The van der Waals surface area contributed by atoms with Crippen LogP contribution in [0.2, 0.25) is 5.02 Å². The number of ether oxygens (including phenoxy) is 3. The van der Waals surface area contributed by atoms with Crippen LogP contribution in [0, 0.1) is 0 Å². The molecular weight excluding hydrogens is 546 g/mol. The van der Waals surface area contributed by atoms with Crippen molar-refractivity contribution in [3.63, 3.8) is 0 Å². The first-order valence-corrected chi connectivity index (χ1v) is 12.4. The van der Waals surface area contributed by atoms with E-state index < -0.39 is 23.7 Å². The Balaban J connectivity index is 1.77. The van der Waals surface area contributed by atoms with Gasteiger partial charge in [-0.05, 0) is 70.9 Å². The Labute approximate surface area is 215 Å². The van der Waals surface area contributed by atoms with E-state index in [0.29, 0.717) is 33.0 Å². The second kappa shape index (κ2) is 11.8. The lowest BCUT2D eigenvalue weighted by Gasteiger charge is -2.15. The second-order valence-corrected chi connectivity index (χ2v) is 9.65. The monoisotopic (exact) mass is 567 g/mol. The first-order valence-electron chi connectivity index (χ1n) is 10.4. The first kappa shape index (κ1) is 26.1. The van der Waals surface area contributed by atoms with Gasteiger partial charge in [-0.15, -0.1) is 0 Å². The van der Waals surface area contributed by atoms with E-state index in [1.807, 2.05) is 25.1 Å². The largest absolute Gasteiger partial charge is 0.493 e. The minimum atomic E-state index is -0.623. The zero-order valence-corrected chi connectivity index (χ0v) is 22.0. The zero-order chi connectivity index (χ0) is 24.8. The fourth-order valence-corrected chi connectivity index (χ4v) is 4.59. The maximum atomic E-state index is 12.7. The summed E-state index contributed by atoms with van der Waals surface area (Å²) in [6, 6.07) is 10.8. The van der Waals surface area contributed by atoms with Gasteiger partial charge in [0.1, 0.15) is 13.2 Å². The third-order valence-corrected chi connectivity index (χ3v) is 6.81. The highest BCUT2D eigenvalue weighted by molar-refractivity contribution is 9.10. The molecule has 180 valence electrons. The van der Waals surface area contributed by atoms with Crippen LogP contribution in [0.15, 0.2) is 45.8 Å². The Hall–Kier alpha value is -2.49. The Bertz CT molecular complexity index is 1140. The number of nitrogens with zero attached hydrogens (tertiary/aromatic N) is 1. The molecule has 2 aromatic carbocycles. The van der Waals surface area contributed by atoms with Crippen LogP contribution in [0.1, 0.15) is 31.4 Å². The van der Waals surface area contributed by atoms with E-state index >= 15 is 0 Å². The minimum absolute atomic E-state index is 0.194. The molecule has 7 nitrogen and oxygen atoms in total. The molecule has 34 heavy (non-hydrogen) atoms. The van der Waals surface area contributed by atoms with Gasteiger partial charge in [-0.2, -0.15) is 0 Å². The summed E-state index contributed by atoms with van der Waals surface area (Å²) in [5.74, 6) is -0.267. The minimum Gasteiger partial charge on any atom is -0.493 e. The van der Waals surface area contributed by atoms with E-state index in [9.17, 15) is 14.4 Å². The third-order valence-electron chi connectivity index (χ3n) is 4.95. The summed E-state index contributed by atoms with van der Waals surface area (Å²) < 4.78 is 17.2. The highest BCUT2D eigenvalue weighted by Crippen LogP contribution is 2.39. The van der Waals surface area contributed by atoms with Crippen LogP contribution in [-0.2, 0) is 20.9 Å². The van der Waals surface area contributed by atoms with Crippen molar-refractivity contribution in [1.29, 1.82) is 0 Å². The molecule has 0 saturated carbocycles. The van der Waals surface area contributed by atoms with E-state index in [1.165, 1.54) is 7.11 Å². The molecule has 2 aromatic rings. The van der Waals surface area contributed by atoms with E-state index in [2.05, 4.69) is 15.9 Å². The number of carbonyl (C=O) groups excluding carboxylic acids is 3. The molecular formula is C24H23BrClNO6S. The predicted molar refractivity (Wildman–Crippen MR) is 135 cm³/mol. The molecule has 3 rings (SSSR count). The molecule has 10 heteroatoms. The number of halogens is 2. The smallest absolute Gasteiger partial charge is 0.326 e. The van der Waals surface area contributed by atoms with E-state index in [4.69, 9.17) is 25.8 Å². The van der Waals surface area contributed by atoms with Crippen LogP contribution < -0.4 is 9.47 Å². The fourth-order valence-electron chi connectivity index (χ4n) is 2.99. The topological polar surface area (TPSA) is 82.1 Å². The average molecular weight is 569 g/mol. The molecule has 0 radical (unpaired) electrons. The number of rotatable bonds is 9. The van der Waals surface area contributed by atoms with Crippen molar-refractivity contribution in [1.82, 2.24) is 4.90 Å². The average Bonchev–Trinajstić information content (AvgIpc) is 3.06. The standard InChI is InChI=1S/C24H23BrClNO6S/c1-4-14(2)33-21(28)12-27-23(29)20(34-24(27)30)11-15-9-17(25)22(19(10-15)31-3)32-13-16-7-5-6-8-18(16)26/h5-11,14H,4,12-13H2,1-3H3/b20-11+/t14-/m1/s1. The van der Waals surface area contributed by atoms with Gasteiger partial charge in [0, 0.05) is 10.6 Å². The lowest BCUT2D eigenvalue weighted by Crippen LogP contribution is -2.35. The molecule has 1 fully saturated rings. The van der Waals surface area contributed by atoms with E-state index in [-0.39, 0.29) is 17.6 Å². The number of hydrogen-bond donors (Lipinski definition) is 0. The van der Waals surface area contributed by atoms with Crippen LogP contribution >= 0.6 is 39.3 Å². The molecule has 0 aliphatic carbocycles. The summed E-state index contributed by atoms with van der Waals surface area (Å²) >= 11 is 10.4. The van der Waals surface area contributed by atoms with Gasteiger partial charge in [0.2, 0.25) is 0 Å². The van der Waals surface area contributed by atoms with E-state index in [1.54, 1.807) is 31.2 Å². The van der Waals surface area contributed by atoms with Crippen molar-refractivity contribution in [3.8, 4) is 11.5 Å². The van der Waals surface area contributed by atoms with Crippen molar-refractivity contribution in [2.24, 2.45) is 0 Å². The second-order valence-electron chi connectivity index (χ2n) is 7.39. The summed E-state index contributed by atoms with van der Waals surface area (Å²) in [6.07, 6.45) is 1.92. The lowest BCUT2D eigenvalue weighted by atomic mass is 10.1. The number of benzene rings is 2. The number of hydrogen-bond acceptors (Lipinski definition) is 7. The van der Waals surface area contributed by atoms with Crippen LogP contribution in [0.25, 0.3) is 6.08 Å². The number of esters is 1. The van der Waals surface area contributed by atoms with Crippen LogP contribution in [0.3, 0.4) is 0 Å². The van der Waals surface area contributed by atoms with Gasteiger partial charge in [0.15, 0.2) is 11.5 Å². The van der Waals surface area contributed by atoms with Crippen molar-refractivity contribution < 1.29 is 28.6 Å². The Morgan fingerprint density at radius 1 is 1.26 bits per heavy atom. The normalized spacial score (nSPS) is 15.6. The molecule has 0 spiro atoms. The third kappa shape index (κ3) is 6.34. The van der Waals surface area contributed by atoms with Gasteiger partial charge < -0.3 is 14.2 Å². The SMILES string of the molecule is CC[C@@H](C)OC(=O)CN1C(=O)S/C(=C/c2cc(Br)c(OCc3ccccc3Cl)c(OC)c2)C1=O. The molecule has 2 amide bonds. The molecule has 1 heterocycles. The van der Waals surface area contributed by atoms with Gasteiger partial charge >= 0.3 is 5.97 Å². The Morgan fingerprint density at radius 3 is 2.68 bits per heavy atom. The number of methoxy groups -OCH3 is 1. The molecule has 0 N–H and O–H groups in total. The summed E-state index contributed by atoms with van der Waals surface area (Å²) in [5.41, 5.74) is 1.43. The number of carbonyl (C=O) groups is 3. The molecule has 1 saturated heterocycles. The van der Waals surface area contributed by atoms with Crippen LogP contribution in [0.4, 0.5) is 4.79 Å². The highest BCUT2D eigenvalue weighted by atomic mass is 79.9. The van der Waals surface area contributed by atoms with Crippen molar-refractivity contribution in [3.05, 3.63) is 61.9 Å². The predicted octanol–water partition coefficient (Wildman–Crippen LogP) is 6.07. The molecule has 0 unspecified atom stereocenters. The summed E-state index contributed by atoms with van der Waals surface area (Å²) in [7, 11) is 1.50. The summed E-state index contributed by atoms with van der Waals surface area (Å²) in [5, 5.41) is 0.0704. The lowest BCUT2D eigenvalue weighted by molar-refractivity contribution is -0.150. The van der Waals surface area contributed by atoms with Crippen molar-refractivity contribution in [2.75, 3.05) is 13.7 Å². The number of amides is 2. The van der Waals surface area contributed by atoms with Gasteiger partial charge in [0.05, 0.1) is 22.6 Å². The molecule has 0 bridgehead atoms. The molecule has 0 aromatic heterocycles.